The molecule has 2 aliphatic heterocycles. The number of nitrogens with zero attached hydrogens (tertiary/aromatic N) is 2. The lowest BCUT2D eigenvalue weighted by Crippen LogP contribution is -2.58. The lowest BCUT2D eigenvalue weighted by Gasteiger charge is -2.42. The van der Waals surface area contributed by atoms with Gasteiger partial charge < -0.3 is 21.1 Å². The summed E-state index contributed by atoms with van der Waals surface area (Å²) in [5.74, 6) is 0. The van der Waals surface area contributed by atoms with Crippen molar-refractivity contribution >= 4 is 0 Å². The fourth-order valence-electron chi connectivity index (χ4n) is 3.42. The Bertz CT molecular complexity index is 276. The molecule has 5 nitrogen and oxygen atoms in total. The minimum absolute atomic E-state index is 0.0498. The molecule has 19 heavy (non-hydrogen) atoms. The average Bonchev–Trinajstić information content (AvgIpc) is 2.43. The van der Waals surface area contributed by atoms with Gasteiger partial charge in [0.05, 0.1) is 6.10 Å². The SMILES string of the molecule is CCC1CNCCN1CCC1C(O)C(N)CCN1C. The lowest BCUT2D eigenvalue weighted by molar-refractivity contribution is -0.00113. The third-order valence-corrected chi connectivity index (χ3v) is 4.87. The summed E-state index contributed by atoms with van der Waals surface area (Å²) in [6.07, 6.45) is 2.73. The Balaban J connectivity index is 1.85. The second-order valence-corrected chi connectivity index (χ2v) is 6.08. The van der Waals surface area contributed by atoms with Crippen LogP contribution in [0.15, 0.2) is 0 Å². The summed E-state index contributed by atoms with van der Waals surface area (Å²) in [4.78, 5) is 4.84. The van der Waals surface area contributed by atoms with Gasteiger partial charge in [-0.2, -0.15) is 0 Å². The van der Waals surface area contributed by atoms with E-state index >= 15 is 0 Å². The maximum Gasteiger partial charge on any atom is 0.0846 e. The summed E-state index contributed by atoms with van der Waals surface area (Å²) >= 11 is 0. The molecular weight excluding hydrogens is 240 g/mol. The number of hydrogen-bond donors (Lipinski definition) is 3. The van der Waals surface area contributed by atoms with Crippen molar-refractivity contribution in [2.24, 2.45) is 5.73 Å². The van der Waals surface area contributed by atoms with Crippen LogP contribution in [0.3, 0.4) is 0 Å². The molecule has 2 heterocycles. The summed E-state index contributed by atoms with van der Waals surface area (Å²) in [6.45, 7) is 7.62. The monoisotopic (exact) mass is 270 g/mol. The largest absolute Gasteiger partial charge is 0.390 e. The van der Waals surface area contributed by atoms with Crippen molar-refractivity contribution in [2.75, 3.05) is 39.8 Å². The first-order valence-corrected chi connectivity index (χ1v) is 7.72. The quantitative estimate of drug-likeness (QED) is 0.640. The minimum atomic E-state index is -0.373. The molecule has 112 valence electrons. The Morgan fingerprint density at radius 2 is 2.16 bits per heavy atom. The fraction of sp³-hybridized carbons (Fsp3) is 1.00. The molecule has 0 radical (unpaired) electrons. The van der Waals surface area contributed by atoms with Gasteiger partial charge in [0, 0.05) is 44.3 Å². The van der Waals surface area contributed by atoms with E-state index in [1.165, 1.54) is 6.42 Å². The van der Waals surface area contributed by atoms with Crippen molar-refractivity contribution in [3.05, 3.63) is 0 Å². The molecule has 0 aromatic carbocycles. The van der Waals surface area contributed by atoms with Gasteiger partial charge in [0.15, 0.2) is 0 Å². The van der Waals surface area contributed by atoms with Crippen molar-refractivity contribution < 1.29 is 5.11 Å². The Morgan fingerprint density at radius 1 is 1.37 bits per heavy atom. The van der Waals surface area contributed by atoms with Crippen LogP contribution in [-0.4, -0.2) is 78.9 Å². The van der Waals surface area contributed by atoms with E-state index in [0.717, 1.165) is 45.6 Å². The number of aliphatic hydroxyl groups excluding tert-OH is 1. The van der Waals surface area contributed by atoms with E-state index in [-0.39, 0.29) is 18.2 Å². The van der Waals surface area contributed by atoms with Crippen molar-refractivity contribution in [1.82, 2.24) is 15.1 Å². The van der Waals surface area contributed by atoms with E-state index in [9.17, 15) is 5.11 Å². The van der Waals surface area contributed by atoms with E-state index in [1.807, 2.05) is 0 Å². The van der Waals surface area contributed by atoms with E-state index in [1.54, 1.807) is 0 Å². The van der Waals surface area contributed by atoms with Crippen LogP contribution in [0.5, 0.6) is 0 Å². The van der Waals surface area contributed by atoms with Gasteiger partial charge in [0.1, 0.15) is 0 Å². The number of piperazine rings is 1. The highest BCUT2D eigenvalue weighted by Gasteiger charge is 2.33. The molecule has 4 atom stereocenters. The molecule has 0 spiro atoms. The Labute approximate surface area is 117 Å². The van der Waals surface area contributed by atoms with Crippen molar-refractivity contribution in [3.63, 3.8) is 0 Å². The van der Waals surface area contributed by atoms with Crippen LogP contribution in [0, 0.1) is 0 Å². The second kappa shape index (κ2) is 6.99. The third-order valence-electron chi connectivity index (χ3n) is 4.87. The van der Waals surface area contributed by atoms with Crippen molar-refractivity contribution in [1.29, 1.82) is 0 Å². The van der Waals surface area contributed by atoms with Gasteiger partial charge in [0.2, 0.25) is 0 Å². The van der Waals surface area contributed by atoms with E-state index in [4.69, 9.17) is 5.73 Å². The van der Waals surface area contributed by atoms with Gasteiger partial charge in [-0.1, -0.05) is 6.92 Å². The molecule has 2 aliphatic rings. The van der Waals surface area contributed by atoms with Gasteiger partial charge in [-0.05, 0) is 32.9 Å². The molecule has 0 aromatic rings. The first-order valence-electron chi connectivity index (χ1n) is 7.72. The van der Waals surface area contributed by atoms with E-state index < -0.39 is 0 Å². The van der Waals surface area contributed by atoms with E-state index in [0.29, 0.717) is 6.04 Å². The van der Waals surface area contributed by atoms with Gasteiger partial charge >= 0.3 is 0 Å². The molecule has 4 N–H and O–H groups in total. The number of aliphatic hydroxyl groups is 1. The average molecular weight is 270 g/mol. The smallest absolute Gasteiger partial charge is 0.0846 e. The zero-order valence-electron chi connectivity index (χ0n) is 12.4. The summed E-state index contributed by atoms with van der Waals surface area (Å²) in [5.41, 5.74) is 5.99. The molecule has 0 bridgehead atoms. The predicted octanol–water partition coefficient (Wildman–Crippen LogP) is -0.547. The molecular formula is C14H30N4O. The number of hydrogen-bond acceptors (Lipinski definition) is 5. The summed E-state index contributed by atoms with van der Waals surface area (Å²) in [5, 5.41) is 13.7. The highest BCUT2D eigenvalue weighted by molar-refractivity contribution is 4.91. The molecule has 5 heteroatoms. The van der Waals surface area contributed by atoms with Crippen LogP contribution in [0.4, 0.5) is 0 Å². The normalized spacial score (nSPS) is 38.5. The summed E-state index contributed by atoms with van der Waals surface area (Å²) in [7, 11) is 2.11. The summed E-state index contributed by atoms with van der Waals surface area (Å²) in [6, 6.07) is 0.816. The number of likely N-dealkylation sites (tertiary alicyclic amines) is 1. The van der Waals surface area contributed by atoms with Crippen LogP contribution in [0.2, 0.25) is 0 Å². The summed E-state index contributed by atoms with van der Waals surface area (Å²) < 4.78 is 0. The number of piperidine rings is 1. The maximum atomic E-state index is 10.3. The zero-order chi connectivity index (χ0) is 13.8. The number of nitrogens with two attached hydrogens (primary N) is 1. The van der Waals surface area contributed by atoms with E-state index in [2.05, 4.69) is 29.1 Å². The van der Waals surface area contributed by atoms with Gasteiger partial charge in [-0.3, -0.25) is 4.90 Å². The van der Waals surface area contributed by atoms with Gasteiger partial charge in [-0.25, -0.2) is 0 Å². The van der Waals surface area contributed by atoms with Gasteiger partial charge in [0.25, 0.3) is 0 Å². The van der Waals surface area contributed by atoms with Crippen LogP contribution in [0.1, 0.15) is 26.2 Å². The minimum Gasteiger partial charge on any atom is -0.390 e. The van der Waals surface area contributed by atoms with Crippen LogP contribution in [-0.2, 0) is 0 Å². The van der Waals surface area contributed by atoms with Crippen LogP contribution < -0.4 is 11.1 Å². The van der Waals surface area contributed by atoms with Gasteiger partial charge in [-0.15, -0.1) is 0 Å². The fourth-order valence-corrected chi connectivity index (χ4v) is 3.42. The molecule has 2 fully saturated rings. The number of nitrogens with one attached hydrogen (secondary N) is 1. The molecule has 0 saturated carbocycles. The second-order valence-electron chi connectivity index (χ2n) is 6.08. The van der Waals surface area contributed by atoms with Crippen molar-refractivity contribution in [3.8, 4) is 0 Å². The standard InChI is InChI=1S/C14H30N4O/c1-3-11-10-16-6-9-18(11)8-5-13-14(19)12(15)4-7-17(13)2/h11-14,16,19H,3-10,15H2,1-2H3. The molecule has 0 aliphatic carbocycles. The molecule has 4 unspecified atom stereocenters. The lowest BCUT2D eigenvalue weighted by atomic mass is 9.92. The number of rotatable bonds is 4. The third kappa shape index (κ3) is 3.67. The molecule has 0 aromatic heterocycles. The first-order chi connectivity index (χ1) is 9.13. The zero-order valence-corrected chi connectivity index (χ0v) is 12.4. The van der Waals surface area contributed by atoms with Crippen molar-refractivity contribution in [2.45, 2.75) is 50.4 Å². The molecule has 0 amide bonds. The predicted molar refractivity (Wildman–Crippen MR) is 78.2 cm³/mol. The molecule has 2 rings (SSSR count). The Hall–Kier alpha value is -0.200. The Kier molecular flexibility index (Phi) is 5.59. The first kappa shape index (κ1) is 15.2. The highest BCUT2D eigenvalue weighted by atomic mass is 16.3. The highest BCUT2D eigenvalue weighted by Crippen LogP contribution is 2.19. The Morgan fingerprint density at radius 3 is 2.89 bits per heavy atom. The molecule has 2 saturated heterocycles. The van der Waals surface area contributed by atoms with Crippen LogP contribution >= 0.6 is 0 Å². The maximum absolute atomic E-state index is 10.3. The van der Waals surface area contributed by atoms with Crippen LogP contribution in [0.25, 0.3) is 0 Å². The topological polar surface area (TPSA) is 64.8 Å². The number of likely N-dealkylation sites (N-methyl/N-ethyl adjacent to an activating group) is 1.